The molecule has 0 aliphatic rings. The smallest absolute Gasteiger partial charge is 0.251 e. The van der Waals surface area contributed by atoms with Crippen LogP contribution in [0.5, 0.6) is 0 Å². The first-order chi connectivity index (χ1) is 18.6. The molecule has 0 aliphatic heterocycles. The average Bonchev–Trinajstić information content (AvgIpc) is 2.92. The minimum atomic E-state index is -0.860. The summed E-state index contributed by atoms with van der Waals surface area (Å²) >= 11 is 11.9. The van der Waals surface area contributed by atoms with Crippen molar-refractivity contribution in [2.24, 2.45) is 5.92 Å². The number of pyridine rings is 1. The second kappa shape index (κ2) is 14.4. The molecule has 3 N–H and O–H groups in total. The third kappa shape index (κ3) is 9.50. The molecule has 0 fully saturated rings. The molecule has 1 atom stereocenters. The molecule has 0 saturated heterocycles. The third-order valence-corrected chi connectivity index (χ3v) is 6.44. The lowest BCUT2D eigenvalue weighted by Gasteiger charge is -2.20. The van der Waals surface area contributed by atoms with Gasteiger partial charge in [0, 0.05) is 17.3 Å². The molecular weight excluding hydrogens is 539 g/mol. The van der Waals surface area contributed by atoms with Crippen molar-refractivity contribution in [1.29, 1.82) is 0 Å². The molecule has 1 heterocycles. The molecule has 1 aromatic heterocycles. The van der Waals surface area contributed by atoms with Crippen LogP contribution in [0.4, 0.5) is 0 Å². The second-order valence-electron chi connectivity index (χ2n) is 9.41. The fourth-order valence-electron chi connectivity index (χ4n) is 3.77. The van der Waals surface area contributed by atoms with Gasteiger partial charge in [-0.05, 0) is 54.3 Å². The topological polar surface area (TPSA) is 117 Å². The van der Waals surface area contributed by atoms with Crippen molar-refractivity contribution in [2.75, 3.05) is 13.1 Å². The number of halogens is 2. The molecule has 39 heavy (non-hydrogen) atoms. The Bertz CT molecular complexity index is 1330. The molecule has 2 aromatic carbocycles. The lowest BCUT2D eigenvalue weighted by Crippen LogP contribution is -2.49. The molecule has 0 bridgehead atoms. The van der Waals surface area contributed by atoms with Crippen molar-refractivity contribution in [3.05, 3.63) is 88.0 Å². The molecule has 3 aromatic rings. The van der Waals surface area contributed by atoms with Gasteiger partial charge in [0.25, 0.3) is 5.91 Å². The maximum absolute atomic E-state index is 12.8. The normalized spacial score (nSPS) is 11.5. The summed E-state index contributed by atoms with van der Waals surface area (Å²) in [5.41, 5.74) is 2.73. The van der Waals surface area contributed by atoms with Gasteiger partial charge in [0.05, 0.1) is 35.2 Å². The predicted octanol–water partition coefficient (Wildman–Crippen LogP) is 4.24. The second-order valence-corrected chi connectivity index (χ2v) is 10.2. The molecule has 10 heteroatoms. The van der Waals surface area contributed by atoms with Crippen molar-refractivity contribution >= 4 is 46.7 Å². The van der Waals surface area contributed by atoms with Crippen LogP contribution in [-0.2, 0) is 20.8 Å². The number of hydrogen-bond acceptors (Lipinski definition) is 5. The van der Waals surface area contributed by atoms with Crippen LogP contribution in [0.15, 0.2) is 66.9 Å². The van der Waals surface area contributed by atoms with E-state index in [0.29, 0.717) is 11.4 Å². The summed E-state index contributed by atoms with van der Waals surface area (Å²) in [5, 5.41) is 8.37. The number of Topliss-reactive ketones (excluding diaryl/α,β-unsaturated/α-hetero) is 1. The molecule has 0 saturated carbocycles. The van der Waals surface area contributed by atoms with Gasteiger partial charge in [0.2, 0.25) is 11.8 Å². The zero-order chi connectivity index (χ0) is 28.4. The Labute approximate surface area is 237 Å². The van der Waals surface area contributed by atoms with E-state index in [9.17, 15) is 19.2 Å². The summed E-state index contributed by atoms with van der Waals surface area (Å²) in [6.45, 7) is 3.31. The van der Waals surface area contributed by atoms with Crippen molar-refractivity contribution < 1.29 is 19.2 Å². The van der Waals surface area contributed by atoms with Gasteiger partial charge in [-0.25, -0.2) is 0 Å². The number of benzene rings is 2. The average molecular weight is 569 g/mol. The van der Waals surface area contributed by atoms with Crippen LogP contribution >= 0.6 is 23.2 Å². The van der Waals surface area contributed by atoms with Crippen LogP contribution in [0, 0.1) is 5.92 Å². The van der Waals surface area contributed by atoms with Crippen molar-refractivity contribution in [3.8, 4) is 11.3 Å². The van der Waals surface area contributed by atoms with Crippen LogP contribution in [0.1, 0.15) is 36.2 Å². The molecule has 3 amide bonds. The SMILES string of the molecule is CC(C)CC(NC(=O)c1ccc(Cl)c(Cl)c1)C(=O)NCC(=O)CNC(=O)Cc1cccc(-c2ccccn2)c1. The molecule has 0 spiro atoms. The standard InChI is InChI=1S/C29H30Cl2N4O4/c1-18(2)12-26(35-28(38)21-9-10-23(30)24(31)15-21)29(39)34-17-22(36)16-33-27(37)14-19-6-5-7-20(13-19)25-8-3-4-11-32-25/h3-11,13,15,18,26H,12,14,16-17H2,1-2H3,(H,33,37)(H,34,39)(H,35,38). The van der Waals surface area contributed by atoms with E-state index >= 15 is 0 Å². The molecule has 0 radical (unpaired) electrons. The van der Waals surface area contributed by atoms with E-state index in [4.69, 9.17) is 23.2 Å². The van der Waals surface area contributed by atoms with Gasteiger partial charge in [-0.1, -0.05) is 61.3 Å². The Kier molecular flexibility index (Phi) is 11.0. The highest BCUT2D eigenvalue weighted by molar-refractivity contribution is 6.42. The highest BCUT2D eigenvalue weighted by Crippen LogP contribution is 2.23. The Morgan fingerprint density at radius 1 is 0.872 bits per heavy atom. The first-order valence-corrected chi connectivity index (χ1v) is 13.2. The van der Waals surface area contributed by atoms with E-state index in [0.717, 1.165) is 16.8 Å². The number of amides is 3. The first kappa shape index (κ1) is 29.8. The largest absolute Gasteiger partial charge is 0.349 e. The van der Waals surface area contributed by atoms with Gasteiger partial charge in [-0.3, -0.25) is 24.2 Å². The zero-order valence-corrected chi connectivity index (χ0v) is 23.2. The fraction of sp³-hybridized carbons (Fsp3) is 0.276. The number of carbonyl (C=O) groups is 4. The summed E-state index contributed by atoms with van der Waals surface area (Å²) in [5.74, 6) is -1.58. The van der Waals surface area contributed by atoms with Gasteiger partial charge in [-0.2, -0.15) is 0 Å². The highest BCUT2D eigenvalue weighted by atomic mass is 35.5. The van der Waals surface area contributed by atoms with Gasteiger partial charge in [0.15, 0.2) is 5.78 Å². The monoisotopic (exact) mass is 568 g/mol. The summed E-state index contributed by atoms with van der Waals surface area (Å²) in [6, 6.07) is 16.6. The van der Waals surface area contributed by atoms with E-state index in [1.807, 2.05) is 56.3 Å². The van der Waals surface area contributed by atoms with Crippen LogP contribution in [-0.4, -0.2) is 47.6 Å². The highest BCUT2D eigenvalue weighted by Gasteiger charge is 2.23. The first-order valence-electron chi connectivity index (χ1n) is 12.4. The Balaban J connectivity index is 1.48. The van der Waals surface area contributed by atoms with Gasteiger partial charge in [0.1, 0.15) is 6.04 Å². The zero-order valence-electron chi connectivity index (χ0n) is 21.7. The molecule has 204 valence electrons. The lowest BCUT2D eigenvalue weighted by molar-refractivity contribution is -0.127. The number of hydrogen-bond donors (Lipinski definition) is 3. The molecular formula is C29H30Cl2N4O4. The van der Waals surface area contributed by atoms with Crippen LogP contribution in [0.25, 0.3) is 11.3 Å². The van der Waals surface area contributed by atoms with Crippen molar-refractivity contribution in [1.82, 2.24) is 20.9 Å². The van der Waals surface area contributed by atoms with E-state index in [2.05, 4.69) is 20.9 Å². The van der Waals surface area contributed by atoms with Crippen molar-refractivity contribution in [3.63, 3.8) is 0 Å². The fourth-order valence-corrected chi connectivity index (χ4v) is 4.07. The number of rotatable bonds is 12. The summed E-state index contributed by atoms with van der Waals surface area (Å²) in [7, 11) is 0. The maximum atomic E-state index is 12.8. The predicted molar refractivity (Wildman–Crippen MR) is 152 cm³/mol. The molecule has 3 rings (SSSR count). The van der Waals surface area contributed by atoms with Crippen LogP contribution in [0.3, 0.4) is 0 Å². The number of nitrogens with zero attached hydrogens (tertiary/aromatic N) is 1. The Morgan fingerprint density at radius 3 is 2.33 bits per heavy atom. The Hall–Kier alpha value is -3.75. The van der Waals surface area contributed by atoms with E-state index in [-0.39, 0.29) is 47.7 Å². The van der Waals surface area contributed by atoms with Gasteiger partial charge < -0.3 is 16.0 Å². The quantitative estimate of drug-likeness (QED) is 0.302. The van der Waals surface area contributed by atoms with E-state index in [1.54, 1.807) is 6.20 Å². The van der Waals surface area contributed by atoms with Crippen molar-refractivity contribution in [2.45, 2.75) is 32.7 Å². The van der Waals surface area contributed by atoms with E-state index < -0.39 is 17.9 Å². The van der Waals surface area contributed by atoms with Crippen LogP contribution in [0.2, 0.25) is 10.0 Å². The molecule has 8 nitrogen and oxygen atoms in total. The van der Waals surface area contributed by atoms with Gasteiger partial charge in [-0.15, -0.1) is 0 Å². The van der Waals surface area contributed by atoms with Gasteiger partial charge >= 0.3 is 0 Å². The molecule has 1 unspecified atom stereocenters. The number of carbonyl (C=O) groups excluding carboxylic acids is 4. The van der Waals surface area contributed by atoms with E-state index in [1.165, 1.54) is 18.2 Å². The number of ketones is 1. The third-order valence-electron chi connectivity index (χ3n) is 5.71. The number of nitrogens with one attached hydrogen (secondary N) is 3. The maximum Gasteiger partial charge on any atom is 0.251 e. The minimum Gasteiger partial charge on any atom is -0.349 e. The summed E-state index contributed by atoms with van der Waals surface area (Å²) in [4.78, 5) is 54.5. The summed E-state index contributed by atoms with van der Waals surface area (Å²) < 4.78 is 0. The lowest BCUT2D eigenvalue weighted by atomic mass is 10.0. The molecule has 0 aliphatic carbocycles. The summed E-state index contributed by atoms with van der Waals surface area (Å²) in [6.07, 6.45) is 2.16. The minimum absolute atomic E-state index is 0.0948. The Morgan fingerprint density at radius 2 is 1.64 bits per heavy atom. The number of aromatic nitrogens is 1. The van der Waals surface area contributed by atoms with Crippen LogP contribution < -0.4 is 16.0 Å².